The summed E-state index contributed by atoms with van der Waals surface area (Å²) in [5.41, 5.74) is 0.843. The van der Waals surface area contributed by atoms with Crippen molar-refractivity contribution in [3.63, 3.8) is 0 Å². The van der Waals surface area contributed by atoms with Crippen LogP contribution in [-0.2, 0) is 4.79 Å². The lowest BCUT2D eigenvalue weighted by Gasteiger charge is -2.22. The van der Waals surface area contributed by atoms with Gasteiger partial charge in [-0.2, -0.15) is 0 Å². The van der Waals surface area contributed by atoms with Gasteiger partial charge in [0.25, 0.3) is 5.69 Å². The number of nitrogens with zero attached hydrogens (tertiary/aromatic N) is 1. The summed E-state index contributed by atoms with van der Waals surface area (Å²) >= 11 is 0. The predicted molar refractivity (Wildman–Crippen MR) is 102 cm³/mol. The van der Waals surface area contributed by atoms with Crippen molar-refractivity contribution < 1.29 is 19.2 Å². The third kappa shape index (κ3) is 4.95. The number of nitrogens with one attached hydrogen (secondary N) is 2. The number of nitro groups is 1. The van der Waals surface area contributed by atoms with Crippen molar-refractivity contribution in [2.75, 3.05) is 19.5 Å². The van der Waals surface area contributed by atoms with E-state index in [1.54, 1.807) is 45.4 Å². The molecule has 2 aromatic rings. The van der Waals surface area contributed by atoms with E-state index in [2.05, 4.69) is 10.6 Å². The summed E-state index contributed by atoms with van der Waals surface area (Å²) in [4.78, 5) is 23.0. The molecular formula is C19H23N3O5. The van der Waals surface area contributed by atoms with Crippen LogP contribution in [-0.4, -0.2) is 31.1 Å². The number of nitro benzene ring substituents is 1. The van der Waals surface area contributed by atoms with E-state index < -0.39 is 11.0 Å². The highest BCUT2D eigenvalue weighted by Crippen LogP contribution is 2.29. The second-order valence-electron chi connectivity index (χ2n) is 5.98. The predicted octanol–water partition coefficient (Wildman–Crippen LogP) is 3.29. The number of amides is 1. The number of para-hydroxylation sites is 2. The van der Waals surface area contributed by atoms with Gasteiger partial charge in [-0.15, -0.1) is 0 Å². The maximum atomic E-state index is 12.5. The van der Waals surface area contributed by atoms with Crippen LogP contribution < -0.4 is 20.1 Å². The van der Waals surface area contributed by atoms with Crippen molar-refractivity contribution in [1.82, 2.24) is 5.32 Å². The maximum Gasteiger partial charge on any atom is 0.292 e. The zero-order valence-electron chi connectivity index (χ0n) is 15.7. The van der Waals surface area contributed by atoms with Gasteiger partial charge in [0.1, 0.15) is 17.2 Å². The van der Waals surface area contributed by atoms with Crippen LogP contribution in [0.3, 0.4) is 0 Å². The Labute approximate surface area is 157 Å². The normalized spacial score (nSPS) is 12.7. The van der Waals surface area contributed by atoms with E-state index in [0.29, 0.717) is 11.5 Å². The Morgan fingerprint density at radius 1 is 1.11 bits per heavy atom. The zero-order valence-corrected chi connectivity index (χ0v) is 15.7. The third-order valence-corrected chi connectivity index (χ3v) is 4.16. The summed E-state index contributed by atoms with van der Waals surface area (Å²) in [5.74, 6) is 0.969. The van der Waals surface area contributed by atoms with Crippen molar-refractivity contribution in [2.45, 2.75) is 25.9 Å². The Morgan fingerprint density at radius 2 is 1.81 bits per heavy atom. The van der Waals surface area contributed by atoms with Crippen molar-refractivity contribution in [3.8, 4) is 11.5 Å². The maximum absolute atomic E-state index is 12.5. The minimum atomic E-state index is -0.601. The standard InChI is InChI=1S/C19H23N3O5/c1-12(15-11-14(26-3)9-10-18(15)27-4)20-13(2)19(23)21-16-7-5-6-8-17(16)22(24)25/h5-13,20H,1-4H3,(H,21,23)/t12-,13+/m0/s1. The lowest BCUT2D eigenvalue weighted by atomic mass is 10.1. The minimum absolute atomic E-state index is 0.152. The second-order valence-corrected chi connectivity index (χ2v) is 5.98. The lowest BCUT2D eigenvalue weighted by molar-refractivity contribution is -0.383. The molecular weight excluding hydrogens is 350 g/mol. The molecule has 2 atom stereocenters. The molecule has 2 aromatic carbocycles. The van der Waals surface area contributed by atoms with Crippen LogP contribution in [0.1, 0.15) is 25.5 Å². The Hall–Kier alpha value is -3.13. The largest absolute Gasteiger partial charge is 0.497 e. The smallest absolute Gasteiger partial charge is 0.292 e. The number of benzene rings is 2. The van der Waals surface area contributed by atoms with Crippen LogP contribution in [0, 0.1) is 10.1 Å². The highest BCUT2D eigenvalue weighted by molar-refractivity contribution is 5.96. The average molecular weight is 373 g/mol. The monoisotopic (exact) mass is 373 g/mol. The average Bonchev–Trinajstić information content (AvgIpc) is 2.67. The fourth-order valence-electron chi connectivity index (χ4n) is 2.70. The molecule has 0 aliphatic rings. The number of carbonyl (C=O) groups is 1. The molecule has 0 saturated heterocycles. The summed E-state index contributed by atoms with van der Waals surface area (Å²) in [5, 5.41) is 16.9. The van der Waals surface area contributed by atoms with Gasteiger partial charge >= 0.3 is 0 Å². The number of anilines is 1. The highest BCUT2D eigenvalue weighted by Gasteiger charge is 2.21. The number of rotatable bonds is 8. The van der Waals surface area contributed by atoms with Gasteiger partial charge in [0, 0.05) is 17.7 Å². The van der Waals surface area contributed by atoms with Gasteiger partial charge in [-0.05, 0) is 38.1 Å². The lowest BCUT2D eigenvalue weighted by Crippen LogP contribution is -2.39. The topological polar surface area (TPSA) is 103 Å². The Bertz CT molecular complexity index is 825. The highest BCUT2D eigenvalue weighted by atomic mass is 16.6. The van der Waals surface area contributed by atoms with E-state index in [-0.39, 0.29) is 23.3 Å². The van der Waals surface area contributed by atoms with E-state index in [1.807, 2.05) is 13.0 Å². The van der Waals surface area contributed by atoms with E-state index in [4.69, 9.17) is 9.47 Å². The SMILES string of the molecule is COc1ccc(OC)c([C@H](C)N[C@H](C)C(=O)Nc2ccccc2[N+](=O)[O-])c1. The van der Waals surface area contributed by atoms with E-state index in [0.717, 1.165) is 5.56 Å². The van der Waals surface area contributed by atoms with E-state index in [9.17, 15) is 14.9 Å². The van der Waals surface area contributed by atoms with Crippen molar-refractivity contribution >= 4 is 17.3 Å². The van der Waals surface area contributed by atoms with Gasteiger partial charge in [0.05, 0.1) is 25.2 Å². The molecule has 1 amide bonds. The molecule has 0 bridgehead atoms. The molecule has 0 aromatic heterocycles. The molecule has 8 heteroatoms. The molecule has 0 aliphatic carbocycles. The zero-order chi connectivity index (χ0) is 20.0. The first-order valence-electron chi connectivity index (χ1n) is 8.39. The third-order valence-electron chi connectivity index (χ3n) is 4.16. The van der Waals surface area contributed by atoms with Crippen LogP contribution in [0.4, 0.5) is 11.4 Å². The molecule has 27 heavy (non-hydrogen) atoms. The van der Waals surface area contributed by atoms with Crippen molar-refractivity contribution in [1.29, 1.82) is 0 Å². The minimum Gasteiger partial charge on any atom is -0.497 e. The molecule has 0 aliphatic heterocycles. The van der Waals surface area contributed by atoms with Crippen LogP contribution in [0.15, 0.2) is 42.5 Å². The van der Waals surface area contributed by atoms with Crippen LogP contribution in [0.5, 0.6) is 11.5 Å². The number of hydrogen-bond acceptors (Lipinski definition) is 6. The molecule has 144 valence electrons. The van der Waals surface area contributed by atoms with Crippen LogP contribution >= 0.6 is 0 Å². The van der Waals surface area contributed by atoms with Gasteiger partial charge in [-0.1, -0.05) is 12.1 Å². The first kappa shape index (κ1) is 20.2. The first-order chi connectivity index (χ1) is 12.9. The summed E-state index contributed by atoms with van der Waals surface area (Å²) < 4.78 is 10.6. The van der Waals surface area contributed by atoms with Gasteiger partial charge in [0.15, 0.2) is 0 Å². The van der Waals surface area contributed by atoms with Gasteiger partial charge in [-0.3, -0.25) is 20.2 Å². The second kappa shape index (κ2) is 9.00. The Kier molecular flexibility index (Phi) is 6.73. The molecule has 0 heterocycles. The van der Waals surface area contributed by atoms with Crippen molar-refractivity contribution in [3.05, 3.63) is 58.1 Å². The summed E-state index contributed by atoms with van der Waals surface area (Å²) in [6, 6.07) is 10.6. The fraction of sp³-hybridized carbons (Fsp3) is 0.316. The van der Waals surface area contributed by atoms with Gasteiger partial charge in [-0.25, -0.2) is 0 Å². The number of methoxy groups -OCH3 is 2. The van der Waals surface area contributed by atoms with E-state index >= 15 is 0 Å². The fourth-order valence-corrected chi connectivity index (χ4v) is 2.70. The summed E-state index contributed by atoms with van der Waals surface area (Å²) in [6.45, 7) is 3.58. The summed E-state index contributed by atoms with van der Waals surface area (Å²) in [6.07, 6.45) is 0. The molecule has 0 fully saturated rings. The molecule has 0 saturated carbocycles. The Balaban J connectivity index is 2.12. The summed E-state index contributed by atoms with van der Waals surface area (Å²) in [7, 11) is 3.15. The van der Waals surface area contributed by atoms with Crippen LogP contribution in [0.2, 0.25) is 0 Å². The number of hydrogen-bond donors (Lipinski definition) is 2. The van der Waals surface area contributed by atoms with Gasteiger partial charge < -0.3 is 14.8 Å². The van der Waals surface area contributed by atoms with Crippen LogP contribution in [0.25, 0.3) is 0 Å². The molecule has 0 radical (unpaired) electrons. The van der Waals surface area contributed by atoms with Gasteiger partial charge in [0.2, 0.25) is 5.91 Å². The molecule has 2 rings (SSSR count). The first-order valence-corrected chi connectivity index (χ1v) is 8.39. The molecule has 0 spiro atoms. The molecule has 8 nitrogen and oxygen atoms in total. The van der Waals surface area contributed by atoms with Crippen molar-refractivity contribution in [2.24, 2.45) is 0 Å². The molecule has 0 unspecified atom stereocenters. The number of ether oxygens (including phenoxy) is 2. The Morgan fingerprint density at radius 3 is 2.44 bits per heavy atom. The molecule has 2 N–H and O–H groups in total. The quantitative estimate of drug-likeness (QED) is 0.544. The van der Waals surface area contributed by atoms with E-state index in [1.165, 1.54) is 12.1 Å². The number of carbonyl (C=O) groups excluding carboxylic acids is 1.